The van der Waals surface area contributed by atoms with Crippen LogP contribution < -0.4 is 10.6 Å². The van der Waals surface area contributed by atoms with E-state index in [0.717, 1.165) is 26.2 Å². The third-order valence-corrected chi connectivity index (χ3v) is 3.68. The summed E-state index contributed by atoms with van der Waals surface area (Å²) in [7, 11) is 0. The molecule has 1 aliphatic heterocycles. The van der Waals surface area contributed by atoms with Gasteiger partial charge in [0, 0.05) is 19.5 Å². The largest absolute Gasteiger partial charge is 0.481 e. The maximum atomic E-state index is 11.8. The third-order valence-electron chi connectivity index (χ3n) is 3.68. The molecule has 0 atom stereocenters. The molecule has 1 fully saturated rings. The van der Waals surface area contributed by atoms with Crippen molar-refractivity contribution < 1.29 is 14.7 Å². The van der Waals surface area contributed by atoms with E-state index in [1.165, 1.54) is 12.8 Å². The summed E-state index contributed by atoms with van der Waals surface area (Å²) in [5.41, 5.74) is 0. The highest BCUT2D eigenvalue weighted by Gasteiger charge is 2.17. The van der Waals surface area contributed by atoms with Crippen LogP contribution in [0, 0.1) is 5.92 Å². The molecule has 0 aliphatic carbocycles. The molecule has 20 heavy (non-hydrogen) atoms. The Hall–Kier alpha value is -1.14. The summed E-state index contributed by atoms with van der Waals surface area (Å²) in [6, 6.07) is 0. The Morgan fingerprint density at radius 3 is 2.65 bits per heavy atom. The van der Waals surface area contributed by atoms with Gasteiger partial charge in [-0.25, -0.2) is 0 Å². The van der Waals surface area contributed by atoms with Crippen molar-refractivity contribution in [3.05, 3.63) is 0 Å². The van der Waals surface area contributed by atoms with Gasteiger partial charge in [0.2, 0.25) is 5.91 Å². The molecule has 1 aliphatic rings. The van der Waals surface area contributed by atoms with Gasteiger partial charge in [-0.1, -0.05) is 6.92 Å². The minimum atomic E-state index is -0.819. The number of nitrogens with one attached hydrogen (secondary N) is 2. The van der Waals surface area contributed by atoms with Gasteiger partial charge in [0.25, 0.3) is 0 Å². The fraction of sp³-hybridized carbons (Fsp3) is 0.857. The van der Waals surface area contributed by atoms with Crippen molar-refractivity contribution in [2.75, 3.05) is 39.3 Å². The number of nitrogens with zero attached hydrogens (tertiary/aromatic N) is 1. The van der Waals surface area contributed by atoms with Gasteiger partial charge in [0.1, 0.15) is 0 Å². The van der Waals surface area contributed by atoms with E-state index in [4.69, 9.17) is 5.11 Å². The molecule has 1 rings (SSSR count). The second-order valence-electron chi connectivity index (χ2n) is 5.37. The van der Waals surface area contributed by atoms with E-state index in [-0.39, 0.29) is 12.3 Å². The number of carboxylic acid groups (broad SMARTS) is 1. The minimum absolute atomic E-state index is 0.00817. The van der Waals surface area contributed by atoms with Crippen LogP contribution in [0.1, 0.15) is 32.6 Å². The van der Waals surface area contributed by atoms with Crippen molar-refractivity contribution in [1.82, 2.24) is 15.5 Å². The van der Waals surface area contributed by atoms with Crippen LogP contribution in [0.3, 0.4) is 0 Å². The number of piperidine rings is 1. The summed E-state index contributed by atoms with van der Waals surface area (Å²) in [5, 5.41) is 14.6. The first kappa shape index (κ1) is 16.9. The average molecular weight is 285 g/mol. The summed E-state index contributed by atoms with van der Waals surface area (Å²) in [5.74, 6) is -0.150. The quantitative estimate of drug-likeness (QED) is 0.530. The van der Waals surface area contributed by atoms with Crippen LogP contribution in [0.25, 0.3) is 0 Å². The molecule has 0 aromatic heterocycles. The number of likely N-dealkylation sites (N-methyl/N-ethyl adjacent to an activating group) is 1. The van der Waals surface area contributed by atoms with Crippen molar-refractivity contribution in [2.24, 2.45) is 5.92 Å². The maximum absolute atomic E-state index is 11.8. The Balaban J connectivity index is 2.17. The number of hydrogen-bond donors (Lipinski definition) is 3. The second kappa shape index (κ2) is 9.72. The molecule has 0 saturated carbocycles. The number of aliphatic carboxylic acids is 1. The highest BCUT2D eigenvalue weighted by molar-refractivity contribution is 5.78. The van der Waals surface area contributed by atoms with Crippen molar-refractivity contribution in [3.8, 4) is 0 Å². The molecule has 3 N–H and O–H groups in total. The van der Waals surface area contributed by atoms with Crippen molar-refractivity contribution in [2.45, 2.75) is 32.6 Å². The van der Waals surface area contributed by atoms with Crippen molar-refractivity contribution >= 4 is 11.9 Å². The number of rotatable bonds is 9. The maximum Gasteiger partial charge on any atom is 0.303 e. The predicted molar refractivity (Wildman–Crippen MR) is 77.6 cm³/mol. The van der Waals surface area contributed by atoms with Crippen LogP contribution in [-0.4, -0.2) is 61.2 Å². The Morgan fingerprint density at radius 1 is 1.35 bits per heavy atom. The Morgan fingerprint density at radius 2 is 2.05 bits per heavy atom. The molecule has 1 saturated heterocycles. The first-order valence-corrected chi connectivity index (χ1v) is 7.53. The van der Waals surface area contributed by atoms with Gasteiger partial charge in [-0.3, -0.25) is 14.5 Å². The molecule has 1 amide bonds. The summed E-state index contributed by atoms with van der Waals surface area (Å²) in [6.45, 7) is 6.91. The molecule has 0 spiro atoms. The molecule has 6 heteroatoms. The van der Waals surface area contributed by atoms with E-state index in [1.54, 1.807) is 0 Å². The molecule has 0 bridgehead atoms. The van der Waals surface area contributed by atoms with E-state index in [2.05, 4.69) is 22.5 Å². The normalized spacial score (nSPS) is 16.3. The fourth-order valence-corrected chi connectivity index (χ4v) is 2.46. The number of amides is 1. The predicted octanol–water partition coefficient (Wildman–Crippen LogP) is 0.289. The van der Waals surface area contributed by atoms with Gasteiger partial charge >= 0.3 is 5.97 Å². The lowest BCUT2D eigenvalue weighted by atomic mass is 9.97. The molecule has 6 nitrogen and oxygen atoms in total. The Kier molecular flexibility index (Phi) is 8.22. The lowest BCUT2D eigenvalue weighted by Crippen LogP contribution is -2.41. The lowest BCUT2D eigenvalue weighted by molar-refractivity contribution is -0.137. The fourth-order valence-electron chi connectivity index (χ4n) is 2.46. The molecular weight excluding hydrogens is 258 g/mol. The molecule has 0 radical (unpaired) electrons. The number of carbonyl (C=O) groups excluding carboxylic acids is 1. The highest BCUT2D eigenvalue weighted by Crippen LogP contribution is 2.13. The third kappa shape index (κ3) is 7.45. The standard InChI is InChI=1S/C14H27N3O3/c1-2-17(10-12-5-8-15-9-6-12)11-13(18)16-7-3-4-14(19)20/h12,15H,2-11H2,1H3,(H,16,18)(H,19,20). The monoisotopic (exact) mass is 285 g/mol. The topological polar surface area (TPSA) is 81.7 Å². The molecule has 0 aromatic carbocycles. The van der Waals surface area contributed by atoms with Crippen molar-refractivity contribution in [3.63, 3.8) is 0 Å². The number of carbonyl (C=O) groups is 2. The van der Waals surface area contributed by atoms with Gasteiger partial charge in [0.05, 0.1) is 6.54 Å². The zero-order valence-corrected chi connectivity index (χ0v) is 12.4. The summed E-state index contributed by atoms with van der Waals surface area (Å²) >= 11 is 0. The Labute approximate surface area is 120 Å². The van der Waals surface area contributed by atoms with Crippen LogP contribution in [0.5, 0.6) is 0 Å². The average Bonchev–Trinajstić information content (AvgIpc) is 2.44. The van der Waals surface area contributed by atoms with Gasteiger partial charge in [-0.15, -0.1) is 0 Å². The van der Waals surface area contributed by atoms with Crippen LogP contribution in [0.15, 0.2) is 0 Å². The van der Waals surface area contributed by atoms with Crippen LogP contribution >= 0.6 is 0 Å². The molecule has 116 valence electrons. The molecule has 1 heterocycles. The second-order valence-corrected chi connectivity index (χ2v) is 5.37. The summed E-state index contributed by atoms with van der Waals surface area (Å²) < 4.78 is 0. The van der Waals surface area contributed by atoms with Gasteiger partial charge < -0.3 is 15.7 Å². The SMILES string of the molecule is CCN(CC(=O)NCCCC(=O)O)CC1CCNCC1. The number of carboxylic acids is 1. The van der Waals surface area contributed by atoms with E-state index >= 15 is 0 Å². The zero-order chi connectivity index (χ0) is 14.8. The van der Waals surface area contributed by atoms with Crippen molar-refractivity contribution in [1.29, 1.82) is 0 Å². The van der Waals surface area contributed by atoms with E-state index in [9.17, 15) is 9.59 Å². The molecular formula is C14H27N3O3. The smallest absolute Gasteiger partial charge is 0.303 e. The van der Waals surface area contributed by atoms with Crippen LogP contribution in [0.4, 0.5) is 0 Å². The lowest BCUT2D eigenvalue weighted by Gasteiger charge is -2.28. The first-order valence-electron chi connectivity index (χ1n) is 7.53. The van der Waals surface area contributed by atoms with Gasteiger partial charge in [-0.2, -0.15) is 0 Å². The number of hydrogen-bond acceptors (Lipinski definition) is 4. The summed E-state index contributed by atoms with van der Waals surface area (Å²) in [6.07, 6.45) is 2.95. The highest BCUT2D eigenvalue weighted by atomic mass is 16.4. The van der Waals surface area contributed by atoms with E-state index in [1.807, 2.05) is 0 Å². The summed E-state index contributed by atoms with van der Waals surface area (Å²) in [4.78, 5) is 24.3. The van der Waals surface area contributed by atoms with Crippen LogP contribution in [-0.2, 0) is 9.59 Å². The van der Waals surface area contributed by atoms with Gasteiger partial charge in [-0.05, 0) is 44.8 Å². The Bertz CT molecular complexity index is 304. The first-order chi connectivity index (χ1) is 9.61. The van der Waals surface area contributed by atoms with E-state index < -0.39 is 5.97 Å². The molecule has 0 aromatic rings. The molecule has 0 unspecified atom stereocenters. The van der Waals surface area contributed by atoms with E-state index in [0.29, 0.717) is 25.4 Å². The zero-order valence-electron chi connectivity index (χ0n) is 12.4. The minimum Gasteiger partial charge on any atom is -0.481 e. The van der Waals surface area contributed by atoms with Crippen LogP contribution in [0.2, 0.25) is 0 Å². The van der Waals surface area contributed by atoms with Gasteiger partial charge in [0.15, 0.2) is 0 Å².